The molecule has 1 aliphatic rings. The van der Waals surface area contributed by atoms with Crippen molar-refractivity contribution in [2.45, 2.75) is 44.9 Å². The molecule has 2 nitrogen and oxygen atoms in total. The second-order valence-corrected chi connectivity index (χ2v) is 7.03. The van der Waals surface area contributed by atoms with E-state index >= 15 is 0 Å². The first-order chi connectivity index (χ1) is 12.6. The first kappa shape index (κ1) is 18.3. The lowest BCUT2D eigenvalue weighted by Crippen LogP contribution is -2.13. The minimum absolute atomic E-state index is 0.142. The van der Waals surface area contributed by atoms with E-state index in [1.807, 2.05) is 42.8 Å². The number of aryl methyl sites for hydroxylation is 2. The molecule has 0 aliphatic heterocycles. The van der Waals surface area contributed by atoms with Crippen molar-refractivity contribution in [3.05, 3.63) is 89.4 Å². The van der Waals surface area contributed by atoms with Crippen molar-refractivity contribution in [2.24, 2.45) is 0 Å². The normalized spacial score (nSPS) is 13.8. The monoisotopic (exact) mass is 345 g/mol. The van der Waals surface area contributed by atoms with Crippen LogP contribution in [-0.4, -0.2) is 11.6 Å². The highest BCUT2D eigenvalue weighted by Gasteiger charge is 2.28. The van der Waals surface area contributed by atoms with Gasteiger partial charge in [-0.1, -0.05) is 66.2 Å². The van der Waals surface area contributed by atoms with Gasteiger partial charge in [0.15, 0.2) is 5.78 Å². The molecule has 1 unspecified atom stereocenters. The third kappa shape index (κ3) is 5.26. The molecule has 3 rings (SSSR count). The third-order valence-corrected chi connectivity index (χ3v) is 4.89. The van der Waals surface area contributed by atoms with Gasteiger partial charge in [0.05, 0.1) is 0 Å². The summed E-state index contributed by atoms with van der Waals surface area (Å²) in [7, 11) is 0. The van der Waals surface area contributed by atoms with Crippen LogP contribution in [0.1, 0.15) is 48.3 Å². The Balaban J connectivity index is 1.48. The standard InChI is InChI=1S/C24H25O2/c1-18-10-12-19(13-11-18)6-5-9-22(25)16-17-23(24(26)21-14-15-21)20-7-3-2-4-8-20/h2-4,7-8,10-15,23H,5-6,9,16-17H2,1H3. The van der Waals surface area contributed by atoms with Crippen LogP contribution in [0.25, 0.3) is 0 Å². The van der Waals surface area contributed by atoms with Crippen LogP contribution >= 0.6 is 0 Å². The van der Waals surface area contributed by atoms with E-state index < -0.39 is 0 Å². The number of hydrogen-bond donors (Lipinski definition) is 0. The Morgan fingerprint density at radius 1 is 0.923 bits per heavy atom. The van der Waals surface area contributed by atoms with Gasteiger partial charge in [-0.25, -0.2) is 0 Å². The fraction of sp³-hybridized carbons (Fsp3) is 0.292. The molecule has 0 amide bonds. The minimum Gasteiger partial charge on any atom is -0.300 e. The second-order valence-electron chi connectivity index (χ2n) is 7.03. The Morgan fingerprint density at radius 3 is 2.27 bits per heavy atom. The van der Waals surface area contributed by atoms with Crippen LogP contribution < -0.4 is 0 Å². The number of carbonyl (C=O) groups is 2. The quantitative estimate of drug-likeness (QED) is 0.596. The molecule has 0 saturated carbocycles. The zero-order chi connectivity index (χ0) is 18.4. The van der Waals surface area contributed by atoms with Gasteiger partial charge in [0.1, 0.15) is 5.78 Å². The maximum absolute atomic E-state index is 12.5. The number of ketones is 2. The molecule has 0 fully saturated rings. The van der Waals surface area contributed by atoms with Crippen LogP contribution in [0.2, 0.25) is 0 Å². The molecule has 2 aromatic carbocycles. The van der Waals surface area contributed by atoms with Gasteiger partial charge in [0.2, 0.25) is 0 Å². The molecule has 0 spiro atoms. The second kappa shape index (κ2) is 8.75. The summed E-state index contributed by atoms with van der Waals surface area (Å²) in [6.07, 6.45) is 7.13. The molecule has 0 bridgehead atoms. The van der Waals surface area contributed by atoms with Crippen LogP contribution in [0.4, 0.5) is 0 Å². The van der Waals surface area contributed by atoms with Crippen molar-refractivity contribution in [2.75, 3.05) is 0 Å². The molecular formula is C24H25O2. The summed E-state index contributed by atoms with van der Waals surface area (Å²) in [4.78, 5) is 24.8. The maximum Gasteiger partial charge on any atom is 0.166 e. The van der Waals surface area contributed by atoms with Crippen molar-refractivity contribution < 1.29 is 9.59 Å². The van der Waals surface area contributed by atoms with Crippen molar-refractivity contribution in [3.63, 3.8) is 0 Å². The van der Waals surface area contributed by atoms with E-state index in [4.69, 9.17) is 0 Å². The van der Waals surface area contributed by atoms with Crippen molar-refractivity contribution in [1.29, 1.82) is 0 Å². The summed E-state index contributed by atoms with van der Waals surface area (Å²) in [5.74, 6) is 0.186. The molecule has 2 aromatic rings. The number of benzene rings is 2. The van der Waals surface area contributed by atoms with Crippen LogP contribution in [0, 0.1) is 13.3 Å². The molecule has 1 radical (unpaired) electrons. The number of carbonyl (C=O) groups excluding carboxylic acids is 2. The first-order valence-corrected chi connectivity index (χ1v) is 9.35. The molecule has 1 aliphatic carbocycles. The smallest absolute Gasteiger partial charge is 0.166 e. The van der Waals surface area contributed by atoms with Crippen LogP contribution in [-0.2, 0) is 16.0 Å². The Hall–Kier alpha value is -2.48. The summed E-state index contributed by atoms with van der Waals surface area (Å²) >= 11 is 0. The van der Waals surface area contributed by atoms with Gasteiger partial charge in [0.25, 0.3) is 0 Å². The SMILES string of the molecule is Cc1ccc(CCCC(=O)CCC(C(=O)C2=C[CH]2)c2ccccc2)cc1. The van der Waals surface area contributed by atoms with Gasteiger partial charge in [0, 0.05) is 30.8 Å². The maximum atomic E-state index is 12.5. The lowest BCUT2D eigenvalue weighted by atomic mass is 9.88. The molecule has 133 valence electrons. The first-order valence-electron chi connectivity index (χ1n) is 9.35. The highest BCUT2D eigenvalue weighted by molar-refractivity contribution is 6.07. The van der Waals surface area contributed by atoms with E-state index in [-0.39, 0.29) is 17.5 Å². The summed E-state index contributed by atoms with van der Waals surface area (Å²) in [6.45, 7) is 2.08. The fourth-order valence-electron chi connectivity index (χ4n) is 3.22. The molecule has 26 heavy (non-hydrogen) atoms. The average Bonchev–Trinajstić information content (AvgIpc) is 3.49. The molecule has 2 heteroatoms. The van der Waals surface area contributed by atoms with E-state index in [9.17, 15) is 9.59 Å². The van der Waals surface area contributed by atoms with E-state index in [2.05, 4.69) is 31.2 Å². The Bertz CT molecular complexity index is 785. The highest BCUT2D eigenvalue weighted by Crippen LogP contribution is 2.31. The van der Waals surface area contributed by atoms with Gasteiger partial charge in [-0.15, -0.1) is 0 Å². The summed E-state index contributed by atoms with van der Waals surface area (Å²) in [6, 6.07) is 18.3. The van der Waals surface area contributed by atoms with Gasteiger partial charge >= 0.3 is 0 Å². The van der Waals surface area contributed by atoms with Gasteiger partial charge in [-0.2, -0.15) is 0 Å². The lowest BCUT2D eigenvalue weighted by Gasteiger charge is -2.14. The minimum atomic E-state index is -0.206. The predicted octanol–water partition coefficient (Wildman–Crippen LogP) is 5.16. The summed E-state index contributed by atoms with van der Waals surface area (Å²) in [5.41, 5.74) is 4.33. The van der Waals surface area contributed by atoms with Gasteiger partial charge in [-0.3, -0.25) is 9.59 Å². The van der Waals surface area contributed by atoms with Crippen molar-refractivity contribution in [3.8, 4) is 0 Å². The predicted molar refractivity (Wildman–Crippen MR) is 105 cm³/mol. The number of Topliss-reactive ketones (excluding diaryl/α,β-unsaturated/α-hetero) is 2. The largest absolute Gasteiger partial charge is 0.300 e. The van der Waals surface area contributed by atoms with E-state index in [0.717, 1.165) is 24.0 Å². The fourth-order valence-corrected chi connectivity index (χ4v) is 3.22. The highest BCUT2D eigenvalue weighted by atomic mass is 16.1. The molecule has 0 aromatic heterocycles. The van der Waals surface area contributed by atoms with E-state index in [0.29, 0.717) is 19.3 Å². The molecular weight excluding hydrogens is 320 g/mol. The van der Waals surface area contributed by atoms with Crippen LogP contribution in [0.5, 0.6) is 0 Å². The van der Waals surface area contributed by atoms with Crippen LogP contribution in [0.15, 0.2) is 66.2 Å². The molecule has 0 heterocycles. The number of allylic oxidation sites excluding steroid dienone is 2. The molecule has 0 saturated heterocycles. The molecule has 1 atom stereocenters. The van der Waals surface area contributed by atoms with E-state index in [1.165, 1.54) is 11.1 Å². The number of rotatable bonds is 10. The zero-order valence-corrected chi connectivity index (χ0v) is 15.3. The zero-order valence-electron chi connectivity index (χ0n) is 15.3. The third-order valence-electron chi connectivity index (χ3n) is 4.89. The Kier molecular flexibility index (Phi) is 6.17. The van der Waals surface area contributed by atoms with Crippen LogP contribution in [0.3, 0.4) is 0 Å². The summed E-state index contributed by atoms with van der Waals surface area (Å²) in [5, 5.41) is 0. The summed E-state index contributed by atoms with van der Waals surface area (Å²) < 4.78 is 0. The topological polar surface area (TPSA) is 34.1 Å². The van der Waals surface area contributed by atoms with Crippen molar-refractivity contribution >= 4 is 11.6 Å². The number of hydrogen-bond acceptors (Lipinski definition) is 2. The Labute approximate surface area is 155 Å². The lowest BCUT2D eigenvalue weighted by molar-refractivity contribution is -0.119. The van der Waals surface area contributed by atoms with Gasteiger partial charge < -0.3 is 0 Å². The van der Waals surface area contributed by atoms with Gasteiger partial charge in [-0.05, 0) is 37.3 Å². The van der Waals surface area contributed by atoms with E-state index in [1.54, 1.807) is 0 Å². The Morgan fingerprint density at radius 2 is 1.62 bits per heavy atom. The van der Waals surface area contributed by atoms with Crippen molar-refractivity contribution in [1.82, 2.24) is 0 Å². The average molecular weight is 345 g/mol. The molecule has 0 N–H and O–H groups in total.